The van der Waals surface area contributed by atoms with Crippen LogP contribution in [-0.2, 0) is 21.4 Å². The van der Waals surface area contributed by atoms with E-state index in [1.807, 2.05) is 0 Å². The Morgan fingerprint density at radius 3 is 2.41 bits per heavy atom. The first kappa shape index (κ1) is 24.2. The summed E-state index contributed by atoms with van der Waals surface area (Å²) < 4.78 is 45.9. The van der Waals surface area contributed by atoms with Crippen LogP contribution in [0.3, 0.4) is 0 Å². The number of carbonyl (C=O) groups excluding carboxylic acids is 1. The lowest BCUT2D eigenvalue weighted by Gasteiger charge is -2.26. The number of carbonyl (C=O) groups is 1. The topological polar surface area (TPSA) is 79.0 Å². The molecule has 32 heavy (non-hydrogen) atoms. The molecule has 1 aliphatic heterocycles. The number of rotatable bonds is 8. The van der Waals surface area contributed by atoms with Crippen molar-refractivity contribution in [2.45, 2.75) is 43.7 Å². The molecule has 0 saturated carbocycles. The van der Waals surface area contributed by atoms with Crippen LogP contribution < -0.4 is 10.1 Å². The average Bonchev–Trinajstić information content (AvgIpc) is 2.79. The number of halogens is 1. The zero-order valence-electron chi connectivity index (χ0n) is 18.7. The number of hydrogen-bond acceptors (Lipinski definition) is 5. The zero-order chi connectivity index (χ0) is 23.3. The van der Waals surface area contributed by atoms with Crippen LogP contribution >= 0.6 is 0 Å². The fourth-order valence-electron chi connectivity index (χ4n) is 3.64. The minimum atomic E-state index is -3.51. The van der Waals surface area contributed by atoms with Gasteiger partial charge in [-0.15, -0.1) is 0 Å². The number of anilines is 1. The standard InChI is InChI=1S/C23H30FN3O4S/c1-17(26(2)16-18-7-12-22(31-3)21(24)15-18)23(28)25-19-8-10-20(11-9-19)32(29,30)27-13-5-4-6-14-27/h7-12,15,17H,4-6,13-14,16H2,1-3H3,(H,25,28)/t17-/m0/s1. The molecule has 1 fully saturated rings. The van der Waals surface area contributed by atoms with Crippen molar-refractivity contribution in [1.29, 1.82) is 0 Å². The van der Waals surface area contributed by atoms with Crippen molar-refractivity contribution in [2.75, 3.05) is 32.6 Å². The van der Waals surface area contributed by atoms with E-state index in [9.17, 15) is 17.6 Å². The summed E-state index contributed by atoms with van der Waals surface area (Å²) in [5.74, 6) is -0.517. The van der Waals surface area contributed by atoms with E-state index in [0.29, 0.717) is 25.3 Å². The first-order chi connectivity index (χ1) is 15.2. The molecule has 0 unspecified atom stereocenters. The minimum absolute atomic E-state index is 0.174. The van der Waals surface area contributed by atoms with Crippen molar-refractivity contribution in [3.63, 3.8) is 0 Å². The first-order valence-corrected chi connectivity index (χ1v) is 12.1. The lowest BCUT2D eigenvalue weighted by atomic mass is 10.1. The van der Waals surface area contributed by atoms with Gasteiger partial charge in [-0.1, -0.05) is 12.5 Å². The summed E-state index contributed by atoms with van der Waals surface area (Å²) in [6.07, 6.45) is 2.81. The number of sulfonamides is 1. The number of amides is 1. The highest BCUT2D eigenvalue weighted by atomic mass is 32.2. The molecule has 1 aliphatic rings. The van der Waals surface area contributed by atoms with E-state index in [2.05, 4.69) is 5.32 Å². The van der Waals surface area contributed by atoms with E-state index in [1.54, 1.807) is 43.1 Å². The Kier molecular flexibility index (Phi) is 7.86. The van der Waals surface area contributed by atoms with Crippen LogP contribution in [0.15, 0.2) is 47.4 Å². The van der Waals surface area contributed by atoms with E-state index < -0.39 is 21.9 Å². The normalized spacial score (nSPS) is 16.0. The number of piperidine rings is 1. The third-order valence-electron chi connectivity index (χ3n) is 5.76. The summed E-state index contributed by atoms with van der Waals surface area (Å²) >= 11 is 0. The molecular weight excluding hydrogens is 433 g/mol. The number of nitrogens with zero attached hydrogens (tertiary/aromatic N) is 2. The van der Waals surface area contributed by atoms with Gasteiger partial charge in [0.1, 0.15) is 0 Å². The molecule has 0 radical (unpaired) electrons. The fourth-order valence-corrected chi connectivity index (χ4v) is 5.16. The highest BCUT2D eigenvalue weighted by Gasteiger charge is 2.26. The average molecular weight is 464 g/mol. The number of methoxy groups -OCH3 is 1. The van der Waals surface area contributed by atoms with Gasteiger partial charge in [-0.05, 0) is 68.8 Å². The molecule has 9 heteroatoms. The predicted octanol–water partition coefficient (Wildman–Crippen LogP) is 3.47. The van der Waals surface area contributed by atoms with Crippen molar-refractivity contribution >= 4 is 21.6 Å². The number of likely N-dealkylation sites (N-methyl/N-ethyl adjacent to an activating group) is 1. The smallest absolute Gasteiger partial charge is 0.243 e. The Labute approximate surface area is 189 Å². The molecule has 1 heterocycles. The summed E-state index contributed by atoms with van der Waals surface area (Å²) in [6.45, 7) is 3.22. The minimum Gasteiger partial charge on any atom is -0.494 e. The molecule has 1 atom stereocenters. The molecule has 2 aromatic rings. The lowest BCUT2D eigenvalue weighted by Crippen LogP contribution is -2.39. The Morgan fingerprint density at radius 2 is 1.81 bits per heavy atom. The van der Waals surface area contributed by atoms with Crippen molar-refractivity contribution in [2.24, 2.45) is 0 Å². The summed E-state index contributed by atoms with van der Waals surface area (Å²) in [4.78, 5) is 14.7. The Bertz CT molecular complexity index is 1040. The van der Waals surface area contributed by atoms with Gasteiger partial charge in [0.15, 0.2) is 11.6 Å². The van der Waals surface area contributed by atoms with Gasteiger partial charge >= 0.3 is 0 Å². The molecule has 1 amide bonds. The Balaban J connectivity index is 1.60. The van der Waals surface area contributed by atoms with E-state index in [-0.39, 0.29) is 16.6 Å². The van der Waals surface area contributed by atoms with Gasteiger partial charge in [0.05, 0.1) is 18.0 Å². The second-order valence-electron chi connectivity index (χ2n) is 8.04. The van der Waals surface area contributed by atoms with Gasteiger partial charge in [0.2, 0.25) is 15.9 Å². The lowest BCUT2D eigenvalue weighted by molar-refractivity contribution is -0.120. The van der Waals surface area contributed by atoms with Crippen LogP contribution in [0, 0.1) is 5.82 Å². The number of benzene rings is 2. The molecule has 7 nitrogen and oxygen atoms in total. The molecule has 3 rings (SSSR count). The molecule has 1 saturated heterocycles. The van der Waals surface area contributed by atoms with Crippen LogP contribution in [0.2, 0.25) is 0 Å². The van der Waals surface area contributed by atoms with Gasteiger partial charge in [-0.25, -0.2) is 12.8 Å². The highest BCUT2D eigenvalue weighted by Crippen LogP contribution is 2.22. The largest absolute Gasteiger partial charge is 0.494 e. The third kappa shape index (κ3) is 5.65. The van der Waals surface area contributed by atoms with Gasteiger partial charge in [0, 0.05) is 25.3 Å². The number of ether oxygens (including phenoxy) is 1. The number of hydrogen-bond donors (Lipinski definition) is 1. The molecular formula is C23H30FN3O4S. The third-order valence-corrected chi connectivity index (χ3v) is 7.68. The summed E-state index contributed by atoms with van der Waals surface area (Å²) in [6, 6.07) is 10.5. The fraction of sp³-hybridized carbons (Fsp3) is 0.435. The van der Waals surface area contributed by atoms with Crippen molar-refractivity contribution in [1.82, 2.24) is 9.21 Å². The summed E-state index contributed by atoms with van der Waals surface area (Å²) in [5.41, 5.74) is 1.24. The van der Waals surface area contributed by atoms with E-state index in [4.69, 9.17) is 4.74 Å². The van der Waals surface area contributed by atoms with E-state index >= 15 is 0 Å². The van der Waals surface area contributed by atoms with Crippen LogP contribution in [0.25, 0.3) is 0 Å². The molecule has 0 aromatic heterocycles. The molecule has 0 spiro atoms. The Hall–Kier alpha value is -2.49. The van der Waals surface area contributed by atoms with Gasteiger partial charge in [-0.2, -0.15) is 4.31 Å². The Morgan fingerprint density at radius 1 is 1.16 bits per heavy atom. The molecule has 174 valence electrons. The molecule has 2 aromatic carbocycles. The molecule has 1 N–H and O–H groups in total. The van der Waals surface area contributed by atoms with Crippen molar-refractivity contribution in [3.05, 3.63) is 53.8 Å². The van der Waals surface area contributed by atoms with E-state index in [1.165, 1.54) is 29.6 Å². The number of nitrogens with one attached hydrogen (secondary N) is 1. The van der Waals surface area contributed by atoms with Crippen LogP contribution in [0.5, 0.6) is 5.75 Å². The van der Waals surface area contributed by atoms with Crippen LogP contribution in [0.1, 0.15) is 31.7 Å². The SMILES string of the molecule is COc1ccc(CN(C)[C@@H](C)C(=O)Nc2ccc(S(=O)(=O)N3CCCCC3)cc2)cc1F. The van der Waals surface area contributed by atoms with Gasteiger partial charge in [0.25, 0.3) is 0 Å². The second-order valence-corrected chi connectivity index (χ2v) is 9.98. The molecule has 0 aliphatic carbocycles. The van der Waals surface area contributed by atoms with Gasteiger partial charge < -0.3 is 10.1 Å². The zero-order valence-corrected chi connectivity index (χ0v) is 19.5. The maximum Gasteiger partial charge on any atom is 0.243 e. The second kappa shape index (κ2) is 10.4. The van der Waals surface area contributed by atoms with Crippen LogP contribution in [-0.4, -0.2) is 56.8 Å². The maximum absolute atomic E-state index is 13.9. The van der Waals surface area contributed by atoms with Crippen molar-refractivity contribution < 1.29 is 22.3 Å². The predicted molar refractivity (Wildman–Crippen MR) is 122 cm³/mol. The monoisotopic (exact) mass is 463 g/mol. The summed E-state index contributed by atoms with van der Waals surface area (Å²) in [5, 5.41) is 2.81. The quantitative estimate of drug-likeness (QED) is 0.649. The summed E-state index contributed by atoms with van der Waals surface area (Å²) in [7, 11) is -0.320. The van der Waals surface area contributed by atoms with Crippen molar-refractivity contribution in [3.8, 4) is 5.75 Å². The maximum atomic E-state index is 13.9. The van der Waals surface area contributed by atoms with Crippen LogP contribution in [0.4, 0.5) is 10.1 Å². The van der Waals surface area contributed by atoms with Gasteiger partial charge in [-0.3, -0.25) is 9.69 Å². The van der Waals surface area contributed by atoms with E-state index in [0.717, 1.165) is 24.8 Å². The molecule has 0 bridgehead atoms. The highest BCUT2D eigenvalue weighted by molar-refractivity contribution is 7.89. The first-order valence-electron chi connectivity index (χ1n) is 10.7.